The van der Waals surface area contributed by atoms with Crippen LogP contribution in [0.4, 0.5) is 0 Å². The molecule has 0 bridgehead atoms. The van der Waals surface area contributed by atoms with Crippen molar-refractivity contribution in [2.45, 2.75) is 20.8 Å². The van der Waals surface area contributed by atoms with Crippen LogP contribution < -0.4 is 5.56 Å². The average Bonchev–Trinajstić information content (AvgIpc) is 2.07. The zero-order chi connectivity index (χ0) is 10.9. The van der Waals surface area contributed by atoms with Gasteiger partial charge in [-0.2, -0.15) is 0 Å². The fraction of sp³-hybridized carbons (Fsp3) is 0.455. The summed E-state index contributed by atoms with van der Waals surface area (Å²) >= 11 is 0. The number of carbonyl (C=O) groups is 1. The molecule has 1 rings (SSSR count). The Morgan fingerprint density at radius 2 is 1.86 bits per heavy atom. The number of Topliss-reactive ketones (excluding diaryl/α,β-unsaturated/α-hetero) is 1. The molecule has 0 aliphatic rings. The number of hydrogen-bond donors (Lipinski definition) is 0. The maximum atomic E-state index is 11.8. The summed E-state index contributed by atoms with van der Waals surface area (Å²) in [5, 5.41) is 0. The van der Waals surface area contributed by atoms with E-state index in [2.05, 4.69) is 0 Å². The number of rotatable bonds is 1. The quantitative estimate of drug-likeness (QED) is 0.636. The standard InChI is InChI=1S/C11H15NO2/c1-11(2,3)10(14)8-5-6-9(13)12(4)7-8/h5-7H,1-4H3. The number of ketones is 1. The molecule has 0 fully saturated rings. The molecule has 14 heavy (non-hydrogen) atoms. The van der Waals surface area contributed by atoms with Crippen LogP contribution in [0.1, 0.15) is 31.1 Å². The van der Waals surface area contributed by atoms with Gasteiger partial charge in [0, 0.05) is 30.3 Å². The number of carbonyl (C=O) groups excluding carboxylic acids is 1. The Bertz CT molecular complexity index is 410. The Morgan fingerprint density at radius 3 is 2.29 bits per heavy atom. The van der Waals surface area contributed by atoms with Crippen LogP contribution in [0.25, 0.3) is 0 Å². The van der Waals surface area contributed by atoms with Crippen molar-refractivity contribution in [2.75, 3.05) is 0 Å². The highest BCUT2D eigenvalue weighted by Crippen LogP contribution is 2.19. The van der Waals surface area contributed by atoms with Crippen molar-refractivity contribution in [2.24, 2.45) is 12.5 Å². The Labute approximate surface area is 83.4 Å². The fourth-order valence-corrected chi connectivity index (χ4v) is 1.16. The second-order valence-corrected chi connectivity index (χ2v) is 4.45. The van der Waals surface area contributed by atoms with Gasteiger partial charge in [0.15, 0.2) is 5.78 Å². The first kappa shape index (κ1) is 10.7. The van der Waals surface area contributed by atoms with E-state index in [-0.39, 0.29) is 11.3 Å². The van der Waals surface area contributed by atoms with Crippen LogP contribution in [0.15, 0.2) is 23.1 Å². The second-order valence-electron chi connectivity index (χ2n) is 4.45. The van der Waals surface area contributed by atoms with Gasteiger partial charge in [-0.1, -0.05) is 20.8 Å². The number of nitrogens with zero attached hydrogens (tertiary/aromatic N) is 1. The summed E-state index contributed by atoms with van der Waals surface area (Å²) in [5.74, 6) is 0.0492. The van der Waals surface area contributed by atoms with Crippen molar-refractivity contribution >= 4 is 5.78 Å². The first-order chi connectivity index (χ1) is 6.32. The smallest absolute Gasteiger partial charge is 0.250 e. The topological polar surface area (TPSA) is 39.1 Å². The van der Waals surface area contributed by atoms with Crippen molar-refractivity contribution in [1.82, 2.24) is 4.57 Å². The van der Waals surface area contributed by atoms with E-state index in [4.69, 9.17) is 0 Å². The summed E-state index contributed by atoms with van der Waals surface area (Å²) in [4.78, 5) is 22.9. The molecule has 0 radical (unpaired) electrons. The van der Waals surface area contributed by atoms with Crippen molar-refractivity contribution in [3.05, 3.63) is 34.2 Å². The molecule has 0 saturated carbocycles. The van der Waals surface area contributed by atoms with Gasteiger partial charge < -0.3 is 4.57 Å². The van der Waals surface area contributed by atoms with E-state index >= 15 is 0 Å². The van der Waals surface area contributed by atoms with Gasteiger partial charge in [0.1, 0.15) is 0 Å². The van der Waals surface area contributed by atoms with Gasteiger partial charge >= 0.3 is 0 Å². The molecule has 0 aromatic carbocycles. The molecular formula is C11H15NO2. The Balaban J connectivity index is 3.16. The molecule has 0 unspecified atom stereocenters. The predicted molar refractivity (Wildman–Crippen MR) is 55.5 cm³/mol. The molecular weight excluding hydrogens is 178 g/mol. The lowest BCUT2D eigenvalue weighted by Crippen LogP contribution is -2.23. The highest BCUT2D eigenvalue weighted by atomic mass is 16.1. The van der Waals surface area contributed by atoms with E-state index in [0.29, 0.717) is 5.56 Å². The molecule has 0 aliphatic heterocycles. The third-order valence-corrected chi connectivity index (χ3v) is 2.03. The number of aryl methyl sites for hydroxylation is 1. The Kier molecular flexibility index (Phi) is 2.60. The molecule has 76 valence electrons. The fourth-order valence-electron chi connectivity index (χ4n) is 1.16. The maximum absolute atomic E-state index is 11.8. The summed E-state index contributed by atoms with van der Waals surface area (Å²) in [5.41, 5.74) is 0.0762. The van der Waals surface area contributed by atoms with Crippen molar-refractivity contribution < 1.29 is 4.79 Å². The summed E-state index contributed by atoms with van der Waals surface area (Å²) < 4.78 is 1.42. The normalized spacial score (nSPS) is 11.4. The minimum Gasteiger partial charge on any atom is -0.318 e. The molecule has 3 heteroatoms. The lowest BCUT2D eigenvalue weighted by Gasteiger charge is -2.16. The van der Waals surface area contributed by atoms with Crippen LogP contribution in [-0.2, 0) is 7.05 Å². The van der Waals surface area contributed by atoms with E-state index in [1.165, 1.54) is 10.6 Å². The van der Waals surface area contributed by atoms with Crippen LogP contribution in [0.5, 0.6) is 0 Å². The lowest BCUT2D eigenvalue weighted by molar-refractivity contribution is 0.0857. The summed E-state index contributed by atoms with van der Waals surface area (Å²) in [6.45, 7) is 5.58. The molecule has 0 saturated heterocycles. The van der Waals surface area contributed by atoms with Crippen molar-refractivity contribution in [3.8, 4) is 0 Å². The minimum absolute atomic E-state index is 0.0492. The van der Waals surface area contributed by atoms with Gasteiger partial charge in [0.05, 0.1) is 0 Å². The highest BCUT2D eigenvalue weighted by molar-refractivity contribution is 5.99. The predicted octanol–water partition coefficient (Wildman–Crippen LogP) is 1.61. The summed E-state index contributed by atoms with van der Waals surface area (Å²) in [6, 6.07) is 2.99. The molecule has 1 heterocycles. The lowest BCUT2D eigenvalue weighted by atomic mass is 9.87. The Hall–Kier alpha value is -1.38. The first-order valence-electron chi connectivity index (χ1n) is 4.54. The second kappa shape index (κ2) is 3.40. The molecule has 0 spiro atoms. The van der Waals surface area contributed by atoms with Gasteiger partial charge in [-0.15, -0.1) is 0 Å². The molecule has 1 aromatic rings. The van der Waals surface area contributed by atoms with Crippen molar-refractivity contribution in [3.63, 3.8) is 0 Å². The zero-order valence-electron chi connectivity index (χ0n) is 9.00. The molecule has 3 nitrogen and oxygen atoms in total. The van der Waals surface area contributed by atoms with Gasteiger partial charge in [-0.3, -0.25) is 9.59 Å². The van der Waals surface area contributed by atoms with Crippen LogP contribution in [0.2, 0.25) is 0 Å². The molecule has 0 aliphatic carbocycles. The van der Waals surface area contributed by atoms with Crippen LogP contribution >= 0.6 is 0 Å². The summed E-state index contributed by atoms with van der Waals surface area (Å²) in [7, 11) is 1.64. The van der Waals surface area contributed by atoms with Gasteiger partial charge in [0.25, 0.3) is 0 Å². The van der Waals surface area contributed by atoms with E-state index < -0.39 is 5.41 Å². The molecule has 0 atom stereocenters. The third kappa shape index (κ3) is 2.10. The summed E-state index contributed by atoms with van der Waals surface area (Å²) in [6.07, 6.45) is 1.58. The molecule has 0 amide bonds. The van der Waals surface area contributed by atoms with E-state index in [1.807, 2.05) is 20.8 Å². The minimum atomic E-state index is -0.405. The third-order valence-electron chi connectivity index (χ3n) is 2.03. The van der Waals surface area contributed by atoms with Crippen molar-refractivity contribution in [1.29, 1.82) is 0 Å². The SMILES string of the molecule is Cn1cc(C(=O)C(C)(C)C)ccc1=O. The number of hydrogen-bond acceptors (Lipinski definition) is 2. The van der Waals surface area contributed by atoms with Crippen LogP contribution in [0.3, 0.4) is 0 Å². The monoisotopic (exact) mass is 193 g/mol. The maximum Gasteiger partial charge on any atom is 0.250 e. The zero-order valence-corrected chi connectivity index (χ0v) is 9.00. The van der Waals surface area contributed by atoms with E-state index in [9.17, 15) is 9.59 Å². The largest absolute Gasteiger partial charge is 0.318 e. The number of aromatic nitrogens is 1. The average molecular weight is 193 g/mol. The molecule has 0 N–H and O–H groups in total. The van der Waals surface area contributed by atoms with Gasteiger partial charge in [0.2, 0.25) is 5.56 Å². The van der Waals surface area contributed by atoms with E-state index in [0.717, 1.165) is 0 Å². The Morgan fingerprint density at radius 1 is 1.29 bits per heavy atom. The number of pyridine rings is 1. The van der Waals surface area contributed by atoms with Gasteiger partial charge in [-0.05, 0) is 6.07 Å². The van der Waals surface area contributed by atoms with Crippen LogP contribution in [0, 0.1) is 5.41 Å². The van der Waals surface area contributed by atoms with Gasteiger partial charge in [-0.25, -0.2) is 0 Å². The first-order valence-corrected chi connectivity index (χ1v) is 4.54. The molecule has 1 aromatic heterocycles. The van der Waals surface area contributed by atoms with Crippen LogP contribution in [-0.4, -0.2) is 10.4 Å². The van der Waals surface area contributed by atoms with E-state index in [1.54, 1.807) is 19.3 Å². The highest BCUT2D eigenvalue weighted by Gasteiger charge is 2.22.